The van der Waals surface area contributed by atoms with Crippen molar-refractivity contribution >= 4 is 37.5 Å². The first-order chi connectivity index (χ1) is 25.2. The van der Waals surface area contributed by atoms with Crippen LogP contribution in [-0.2, 0) is 0 Å². The van der Waals surface area contributed by atoms with Gasteiger partial charge in [-0.25, -0.2) is 0 Å². The summed E-state index contributed by atoms with van der Waals surface area (Å²) >= 11 is 0. The van der Waals surface area contributed by atoms with Gasteiger partial charge in [-0.1, -0.05) is 156 Å². The van der Waals surface area contributed by atoms with E-state index < -0.39 is 9.52 Å². The molecule has 2 N–H and O–H groups in total. The lowest BCUT2D eigenvalue weighted by molar-refractivity contribution is 1.01. The maximum Gasteiger partial charge on any atom is 0.0825 e. The molecule has 0 saturated carbocycles. The van der Waals surface area contributed by atoms with Gasteiger partial charge in [0.15, 0.2) is 0 Å². The molecule has 0 unspecified atom stereocenters. The Balaban J connectivity index is 1.08. The fourth-order valence-corrected chi connectivity index (χ4v) is 8.62. The van der Waals surface area contributed by atoms with E-state index in [1.54, 1.807) is 5.20 Å². The van der Waals surface area contributed by atoms with E-state index in [-0.39, 0.29) is 0 Å². The Kier molecular flexibility index (Phi) is 9.53. The second-order valence-corrected chi connectivity index (χ2v) is 15.2. The van der Waals surface area contributed by atoms with Gasteiger partial charge in [0.05, 0.1) is 9.52 Å². The number of anilines is 4. The van der Waals surface area contributed by atoms with Crippen LogP contribution < -0.4 is 15.8 Å². The molecule has 8 rings (SSSR count). The molecule has 0 fully saturated rings. The summed E-state index contributed by atoms with van der Waals surface area (Å²) in [5, 5.41) is 10.5. The Hall–Kier alpha value is -6.16. The van der Waals surface area contributed by atoms with Gasteiger partial charge in [-0.15, -0.1) is 0 Å². The Labute approximate surface area is 303 Å². The summed E-state index contributed by atoms with van der Waals surface area (Å²) in [5.74, 6) is 0. The summed E-state index contributed by atoms with van der Waals surface area (Å²) in [6.07, 6.45) is 9.19. The third kappa shape index (κ3) is 7.70. The minimum atomic E-state index is -0.457. The highest BCUT2D eigenvalue weighted by atomic mass is 28.2. The zero-order valence-electron chi connectivity index (χ0n) is 28.6. The van der Waals surface area contributed by atoms with Crippen LogP contribution in [0.25, 0.3) is 44.5 Å². The first kappa shape index (κ1) is 32.1. The molecule has 0 amide bonds. The average Bonchev–Trinajstić information content (AvgIpc) is 3.20. The monoisotopic (exact) mass is 672 g/mol. The van der Waals surface area contributed by atoms with Crippen LogP contribution in [0, 0.1) is 0 Å². The number of benzene rings is 7. The van der Waals surface area contributed by atoms with E-state index in [0.29, 0.717) is 0 Å². The number of hydrogen-bond donors (Lipinski definition) is 2. The molecule has 1 aliphatic carbocycles. The van der Waals surface area contributed by atoms with Gasteiger partial charge in [0, 0.05) is 33.9 Å². The molecule has 7 aromatic rings. The maximum atomic E-state index is 3.78. The largest absolute Gasteiger partial charge is 0.355 e. The quantitative estimate of drug-likeness (QED) is 0.141. The van der Waals surface area contributed by atoms with Gasteiger partial charge in [0.2, 0.25) is 0 Å². The van der Waals surface area contributed by atoms with Gasteiger partial charge in [0.25, 0.3) is 0 Å². The van der Waals surface area contributed by atoms with Gasteiger partial charge in [-0.3, -0.25) is 0 Å². The van der Waals surface area contributed by atoms with Crippen LogP contribution in [0.15, 0.2) is 199 Å². The highest BCUT2D eigenvalue weighted by molar-refractivity contribution is 6.61. The minimum absolute atomic E-state index is 0.457. The summed E-state index contributed by atoms with van der Waals surface area (Å²) in [4.78, 5) is 0. The van der Waals surface area contributed by atoms with Crippen molar-refractivity contribution in [2.45, 2.75) is 12.8 Å². The minimum Gasteiger partial charge on any atom is -0.355 e. The highest BCUT2D eigenvalue weighted by Crippen LogP contribution is 2.37. The van der Waals surface area contributed by atoms with Crippen molar-refractivity contribution in [3.63, 3.8) is 0 Å². The van der Waals surface area contributed by atoms with Gasteiger partial charge in [0.1, 0.15) is 0 Å². The predicted octanol–water partition coefficient (Wildman–Crippen LogP) is 11.9. The molecule has 246 valence electrons. The number of allylic oxidation sites excluding steroid dienone is 4. The van der Waals surface area contributed by atoms with E-state index in [2.05, 4.69) is 199 Å². The molecule has 7 aromatic carbocycles. The van der Waals surface area contributed by atoms with Crippen molar-refractivity contribution in [3.8, 4) is 44.5 Å². The topological polar surface area (TPSA) is 24.1 Å². The molecule has 0 aliphatic heterocycles. The molecule has 0 bridgehead atoms. The van der Waals surface area contributed by atoms with Crippen LogP contribution in [0.4, 0.5) is 22.7 Å². The molecule has 51 heavy (non-hydrogen) atoms. The third-order valence-electron chi connectivity index (χ3n) is 9.55. The molecule has 0 atom stereocenters. The Bertz CT molecular complexity index is 2310. The van der Waals surface area contributed by atoms with Crippen molar-refractivity contribution in [2.24, 2.45) is 0 Å². The normalized spacial score (nSPS) is 12.5. The molecule has 2 nitrogen and oxygen atoms in total. The summed E-state index contributed by atoms with van der Waals surface area (Å²) in [5.41, 5.74) is 13.9. The fourth-order valence-electron chi connectivity index (χ4n) is 6.89. The van der Waals surface area contributed by atoms with E-state index in [0.717, 1.165) is 22.7 Å². The molecule has 0 heterocycles. The zero-order chi connectivity index (χ0) is 34.2. The zero-order valence-corrected chi connectivity index (χ0v) is 30.0. The lowest BCUT2D eigenvalue weighted by Gasteiger charge is -2.16. The number of para-hydroxylation sites is 1. The summed E-state index contributed by atoms with van der Waals surface area (Å²) in [6, 6.07) is 63.1. The Morgan fingerprint density at radius 2 is 0.922 bits per heavy atom. The molecule has 0 spiro atoms. The van der Waals surface area contributed by atoms with Crippen LogP contribution >= 0.6 is 0 Å². The molecular weight excluding hydrogens is 633 g/mol. The van der Waals surface area contributed by atoms with Crippen molar-refractivity contribution in [1.29, 1.82) is 0 Å². The van der Waals surface area contributed by atoms with Crippen LogP contribution in [0.2, 0.25) is 0 Å². The van der Waals surface area contributed by atoms with Crippen LogP contribution in [0.5, 0.6) is 0 Å². The number of hydrogen-bond acceptors (Lipinski definition) is 2. The third-order valence-corrected chi connectivity index (χ3v) is 11.4. The lowest BCUT2D eigenvalue weighted by atomic mass is 9.94. The summed E-state index contributed by atoms with van der Waals surface area (Å²) in [7, 11) is -0.457. The van der Waals surface area contributed by atoms with E-state index in [1.807, 2.05) is 6.07 Å². The summed E-state index contributed by atoms with van der Waals surface area (Å²) < 4.78 is 0. The predicted molar refractivity (Wildman–Crippen MR) is 222 cm³/mol. The van der Waals surface area contributed by atoms with E-state index in [4.69, 9.17) is 0 Å². The standard InChI is InChI=1S/C48H40N2Si/c1-5-14-37(15-6-1)45-32-39(28-30-47(45)49-41-18-9-3-10-19-41)35-24-26-36(27-25-35)40-29-31-48(46(33-40)38-16-7-2-8-17-38)50-42-20-13-23-44(34-42)51-43-21-11-4-12-22-43/h1-11,13-21,23-34,49-50H,12,22,51H2. The van der Waals surface area contributed by atoms with Crippen LogP contribution in [0.1, 0.15) is 12.8 Å². The van der Waals surface area contributed by atoms with Gasteiger partial charge in [-0.05, 0) is 94.8 Å². The number of rotatable bonds is 10. The first-order valence-electron chi connectivity index (χ1n) is 17.8. The van der Waals surface area contributed by atoms with E-state index >= 15 is 0 Å². The smallest absolute Gasteiger partial charge is 0.0825 e. The number of nitrogens with one attached hydrogen (secondary N) is 2. The molecule has 1 aliphatic rings. The van der Waals surface area contributed by atoms with Crippen molar-refractivity contribution < 1.29 is 0 Å². The summed E-state index contributed by atoms with van der Waals surface area (Å²) in [6.45, 7) is 0. The average molecular weight is 673 g/mol. The maximum absolute atomic E-state index is 3.78. The molecule has 3 heteroatoms. The second kappa shape index (κ2) is 15.2. The Morgan fingerprint density at radius 1 is 0.412 bits per heavy atom. The van der Waals surface area contributed by atoms with Crippen LogP contribution in [0.3, 0.4) is 0 Å². The Morgan fingerprint density at radius 3 is 1.47 bits per heavy atom. The first-order valence-corrected chi connectivity index (χ1v) is 19.2. The van der Waals surface area contributed by atoms with E-state index in [9.17, 15) is 0 Å². The molecule has 0 aromatic heterocycles. The van der Waals surface area contributed by atoms with Crippen molar-refractivity contribution in [3.05, 3.63) is 199 Å². The van der Waals surface area contributed by atoms with Gasteiger partial charge < -0.3 is 10.6 Å². The lowest BCUT2D eigenvalue weighted by Crippen LogP contribution is -2.17. The van der Waals surface area contributed by atoms with Crippen molar-refractivity contribution in [1.82, 2.24) is 0 Å². The second-order valence-electron chi connectivity index (χ2n) is 13.1. The van der Waals surface area contributed by atoms with Crippen LogP contribution in [-0.4, -0.2) is 9.52 Å². The molecule has 0 radical (unpaired) electrons. The highest BCUT2D eigenvalue weighted by Gasteiger charge is 2.12. The molecular formula is C48H40N2Si. The SMILES string of the molecule is C1=CCCC([SiH2]c2cccc(Nc3ccc(-c4ccc(-c5ccc(Nc6ccccc6)c(-c6ccccc6)c5)cc4)cc3-c3ccccc3)c2)=C1. The molecule has 0 saturated heterocycles. The fraction of sp³-hybridized carbons (Fsp3) is 0.0417. The van der Waals surface area contributed by atoms with E-state index in [1.165, 1.54) is 62.5 Å². The van der Waals surface area contributed by atoms with Gasteiger partial charge >= 0.3 is 0 Å². The van der Waals surface area contributed by atoms with Gasteiger partial charge in [-0.2, -0.15) is 0 Å². The van der Waals surface area contributed by atoms with Crippen molar-refractivity contribution in [2.75, 3.05) is 10.6 Å².